The number of nitrogens with one attached hydrogen (secondary N) is 1. The molecule has 0 aliphatic rings. The number of anilines is 1. The second kappa shape index (κ2) is 8.43. The van der Waals surface area contributed by atoms with E-state index in [-0.39, 0.29) is 5.57 Å². The van der Waals surface area contributed by atoms with E-state index in [0.29, 0.717) is 15.7 Å². The molecule has 26 heavy (non-hydrogen) atoms. The third-order valence-electron chi connectivity index (χ3n) is 3.57. The molecule has 1 amide bonds. The first-order valence-corrected chi connectivity index (χ1v) is 9.01. The molecule has 128 valence electrons. The maximum absolute atomic E-state index is 12.3. The first-order valence-electron chi connectivity index (χ1n) is 7.82. The molecule has 1 N–H and O–H groups in total. The van der Waals surface area contributed by atoms with Crippen LogP contribution in [0.4, 0.5) is 5.13 Å². The van der Waals surface area contributed by atoms with Crippen LogP contribution in [-0.2, 0) is 11.2 Å². The number of amides is 1. The lowest BCUT2D eigenvalue weighted by Gasteiger charge is -2.01. The minimum atomic E-state index is -0.506. The summed E-state index contributed by atoms with van der Waals surface area (Å²) in [6.07, 6.45) is 3.95. The van der Waals surface area contributed by atoms with Gasteiger partial charge in [-0.15, -0.1) is 11.3 Å². The predicted molar refractivity (Wildman–Crippen MR) is 105 cm³/mol. The van der Waals surface area contributed by atoms with Crippen LogP contribution in [0.25, 0.3) is 6.08 Å². The first-order chi connectivity index (χ1) is 12.7. The Labute approximate surface area is 160 Å². The highest BCUT2D eigenvalue weighted by molar-refractivity contribution is 7.15. The molecule has 1 aromatic heterocycles. The van der Waals surface area contributed by atoms with Gasteiger partial charge in [0.25, 0.3) is 5.91 Å². The van der Waals surface area contributed by atoms with E-state index in [1.54, 1.807) is 30.5 Å². The molecular formula is C20H14ClN3OS. The Balaban J connectivity index is 1.71. The summed E-state index contributed by atoms with van der Waals surface area (Å²) in [5.41, 5.74) is 1.76. The van der Waals surface area contributed by atoms with Crippen molar-refractivity contribution in [1.82, 2.24) is 4.98 Å². The van der Waals surface area contributed by atoms with E-state index in [4.69, 9.17) is 11.6 Å². The lowest BCUT2D eigenvalue weighted by molar-refractivity contribution is -0.112. The zero-order valence-electron chi connectivity index (χ0n) is 13.6. The van der Waals surface area contributed by atoms with E-state index in [2.05, 4.69) is 10.3 Å². The number of aromatic nitrogens is 1. The van der Waals surface area contributed by atoms with Crippen molar-refractivity contribution in [3.63, 3.8) is 0 Å². The molecule has 6 heteroatoms. The highest BCUT2D eigenvalue weighted by Gasteiger charge is 2.13. The molecule has 0 saturated carbocycles. The quantitative estimate of drug-likeness (QED) is 0.504. The SMILES string of the molecule is N#C/C(=C\c1ccccc1Cl)C(=O)Nc1ncc(Cc2ccccc2)s1. The maximum atomic E-state index is 12.3. The molecule has 0 saturated heterocycles. The number of halogens is 1. The largest absolute Gasteiger partial charge is 0.297 e. The van der Waals surface area contributed by atoms with Crippen molar-refractivity contribution in [2.24, 2.45) is 0 Å². The molecular weight excluding hydrogens is 366 g/mol. The van der Waals surface area contributed by atoms with E-state index in [0.717, 1.165) is 11.3 Å². The second-order valence-electron chi connectivity index (χ2n) is 5.44. The van der Waals surface area contributed by atoms with Gasteiger partial charge in [-0.2, -0.15) is 5.26 Å². The van der Waals surface area contributed by atoms with Crippen molar-refractivity contribution in [3.8, 4) is 6.07 Å². The van der Waals surface area contributed by atoms with Crippen LogP contribution in [0.2, 0.25) is 5.02 Å². The molecule has 0 bridgehead atoms. The topological polar surface area (TPSA) is 65.8 Å². The highest BCUT2D eigenvalue weighted by atomic mass is 35.5. The van der Waals surface area contributed by atoms with Crippen molar-refractivity contribution in [2.45, 2.75) is 6.42 Å². The highest BCUT2D eigenvalue weighted by Crippen LogP contribution is 2.22. The summed E-state index contributed by atoms with van der Waals surface area (Å²) in [6.45, 7) is 0. The van der Waals surface area contributed by atoms with Gasteiger partial charge in [0.2, 0.25) is 0 Å². The summed E-state index contributed by atoms with van der Waals surface area (Å²) < 4.78 is 0. The van der Waals surface area contributed by atoms with Crippen LogP contribution in [0.1, 0.15) is 16.0 Å². The molecule has 0 fully saturated rings. The number of thiazole rings is 1. The predicted octanol–water partition coefficient (Wildman–Crippen LogP) is 4.93. The molecule has 0 atom stereocenters. The molecule has 4 nitrogen and oxygen atoms in total. The molecule has 0 unspecified atom stereocenters. The fourth-order valence-electron chi connectivity index (χ4n) is 2.30. The van der Waals surface area contributed by atoms with Gasteiger partial charge < -0.3 is 0 Å². The van der Waals surface area contributed by atoms with Crippen LogP contribution < -0.4 is 5.32 Å². The molecule has 1 heterocycles. The molecule has 2 aromatic carbocycles. The van der Waals surface area contributed by atoms with Gasteiger partial charge in [-0.25, -0.2) is 4.98 Å². The summed E-state index contributed by atoms with van der Waals surface area (Å²) in [7, 11) is 0. The number of nitriles is 1. The van der Waals surface area contributed by atoms with Gasteiger partial charge in [0.15, 0.2) is 5.13 Å². The number of carbonyl (C=O) groups excluding carboxylic acids is 1. The molecule has 0 spiro atoms. The number of benzene rings is 2. The van der Waals surface area contributed by atoms with Crippen LogP contribution in [0.15, 0.2) is 66.4 Å². The standard InChI is InChI=1S/C20H14ClN3OS/c21-18-9-5-4-8-15(18)11-16(12-22)19(25)24-20-23-13-17(26-20)10-14-6-2-1-3-7-14/h1-9,11,13H,10H2,(H,23,24,25)/b16-11+. The lowest BCUT2D eigenvalue weighted by Crippen LogP contribution is -2.13. The van der Waals surface area contributed by atoms with Crippen molar-refractivity contribution in [3.05, 3.63) is 87.4 Å². The van der Waals surface area contributed by atoms with Crippen molar-refractivity contribution < 1.29 is 4.79 Å². The number of nitrogens with zero attached hydrogens (tertiary/aromatic N) is 2. The van der Waals surface area contributed by atoms with Gasteiger partial charge in [-0.05, 0) is 23.3 Å². The minimum absolute atomic E-state index is 0.0297. The van der Waals surface area contributed by atoms with Crippen LogP contribution in [0.5, 0.6) is 0 Å². The smallest absolute Gasteiger partial charge is 0.268 e. The normalized spacial score (nSPS) is 11.0. The van der Waals surface area contributed by atoms with Crippen molar-refractivity contribution in [2.75, 3.05) is 5.32 Å². The van der Waals surface area contributed by atoms with Gasteiger partial charge in [-0.1, -0.05) is 60.1 Å². The summed E-state index contributed by atoms with van der Waals surface area (Å²) in [6, 6.07) is 19.0. The number of hydrogen-bond acceptors (Lipinski definition) is 4. The molecule has 0 aliphatic carbocycles. The number of hydrogen-bond donors (Lipinski definition) is 1. The Bertz CT molecular complexity index is 990. The minimum Gasteiger partial charge on any atom is -0.297 e. The third kappa shape index (κ3) is 4.57. The van der Waals surface area contributed by atoms with Crippen LogP contribution in [0, 0.1) is 11.3 Å². The van der Waals surface area contributed by atoms with Gasteiger partial charge >= 0.3 is 0 Å². The summed E-state index contributed by atoms with van der Waals surface area (Å²) in [5.74, 6) is -0.506. The first kappa shape index (κ1) is 17.9. The molecule has 3 aromatic rings. The summed E-state index contributed by atoms with van der Waals surface area (Å²) >= 11 is 7.46. The van der Waals surface area contributed by atoms with Gasteiger partial charge in [-0.3, -0.25) is 10.1 Å². The number of rotatable bonds is 5. The zero-order chi connectivity index (χ0) is 18.4. The van der Waals surface area contributed by atoms with E-state index in [9.17, 15) is 10.1 Å². The van der Waals surface area contributed by atoms with E-state index in [1.807, 2.05) is 36.4 Å². The zero-order valence-corrected chi connectivity index (χ0v) is 15.2. The third-order valence-corrected chi connectivity index (χ3v) is 4.82. The monoisotopic (exact) mass is 379 g/mol. The van der Waals surface area contributed by atoms with Crippen LogP contribution >= 0.6 is 22.9 Å². The molecule has 3 rings (SSSR count). The van der Waals surface area contributed by atoms with E-state index in [1.165, 1.54) is 23.0 Å². The Kier molecular flexibility index (Phi) is 5.80. The fraction of sp³-hybridized carbons (Fsp3) is 0.0500. The fourth-order valence-corrected chi connectivity index (χ4v) is 3.34. The number of carbonyl (C=O) groups is 1. The van der Waals surface area contributed by atoms with Crippen molar-refractivity contribution in [1.29, 1.82) is 5.26 Å². The summed E-state index contributed by atoms with van der Waals surface area (Å²) in [5, 5.41) is 12.9. The van der Waals surface area contributed by atoms with Crippen LogP contribution in [0.3, 0.4) is 0 Å². The van der Waals surface area contributed by atoms with Crippen molar-refractivity contribution >= 4 is 40.1 Å². The molecule has 0 radical (unpaired) electrons. The summed E-state index contributed by atoms with van der Waals surface area (Å²) in [4.78, 5) is 17.6. The lowest BCUT2D eigenvalue weighted by atomic mass is 10.1. The Morgan fingerprint density at radius 2 is 1.92 bits per heavy atom. The second-order valence-corrected chi connectivity index (χ2v) is 6.96. The Morgan fingerprint density at radius 1 is 1.19 bits per heavy atom. The van der Waals surface area contributed by atoms with Crippen LogP contribution in [-0.4, -0.2) is 10.9 Å². The average molecular weight is 380 g/mol. The van der Waals surface area contributed by atoms with E-state index >= 15 is 0 Å². The maximum Gasteiger partial charge on any atom is 0.268 e. The van der Waals surface area contributed by atoms with Gasteiger partial charge in [0, 0.05) is 22.5 Å². The molecule has 0 aliphatic heterocycles. The van der Waals surface area contributed by atoms with Gasteiger partial charge in [0.05, 0.1) is 0 Å². The Hall–Kier alpha value is -2.94. The van der Waals surface area contributed by atoms with E-state index < -0.39 is 5.91 Å². The van der Waals surface area contributed by atoms with Gasteiger partial charge in [0.1, 0.15) is 11.6 Å². The Morgan fingerprint density at radius 3 is 2.65 bits per heavy atom. The average Bonchev–Trinajstić information content (AvgIpc) is 3.08.